The summed E-state index contributed by atoms with van der Waals surface area (Å²) in [5.74, 6) is 1.85. The highest BCUT2D eigenvalue weighted by Gasteiger charge is 2.30. The first kappa shape index (κ1) is 16.6. The lowest BCUT2D eigenvalue weighted by molar-refractivity contribution is 0.290. The fourth-order valence-electron chi connectivity index (χ4n) is 2.25. The van der Waals surface area contributed by atoms with Gasteiger partial charge >= 0.3 is 0 Å². The van der Waals surface area contributed by atoms with Crippen LogP contribution in [0.25, 0.3) is 0 Å². The van der Waals surface area contributed by atoms with Crippen molar-refractivity contribution in [1.82, 2.24) is 14.8 Å². The number of benzene rings is 1. The molecule has 0 aliphatic carbocycles. The van der Waals surface area contributed by atoms with Crippen molar-refractivity contribution in [2.75, 3.05) is 11.5 Å². The van der Waals surface area contributed by atoms with Crippen LogP contribution in [0.15, 0.2) is 29.4 Å². The summed E-state index contributed by atoms with van der Waals surface area (Å²) >= 11 is 7.29. The van der Waals surface area contributed by atoms with Crippen molar-refractivity contribution >= 4 is 33.2 Å². The molecule has 0 spiro atoms. The van der Waals surface area contributed by atoms with Crippen LogP contribution in [-0.4, -0.2) is 39.9 Å². The molecule has 124 valence electrons. The summed E-state index contributed by atoms with van der Waals surface area (Å²) in [6.07, 6.45) is 0.663. The van der Waals surface area contributed by atoms with Gasteiger partial charge in [-0.05, 0) is 30.7 Å². The maximum Gasteiger partial charge on any atom is 0.191 e. The third kappa shape index (κ3) is 4.19. The molecule has 3 rings (SSSR count). The van der Waals surface area contributed by atoms with E-state index in [2.05, 4.69) is 10.2 Å². The lowest BCUT2D eigenvalue weighted by Crippen LogP contribution is -2.08. The minimum Gasteiger partial charge on any atom is -0.486 e. The highest BCUT2D eigenvalue weighted by atomic mass is 35.5. The van der Waals surface area contributed by atoms with Crippen LogP contribution in [0, 0.1) is 0 Å². The van der Waals surface area contributed by atoms with E-state index in [1.165, 1.54) is 11.8 Å². The standard InChI is InChI=1S/C14H16ClN3O3S2/c1-18-13(8-21-11-4-2-10(15)3-5-11)16-17-14(18)22-12-6-7-23(19,20)9-12/h2-5,12H,6-9H2,1H3. The van der Waals surface area contributed by atoms with Gasteiger partial charge in [0.25, 0.3) is 0 Å². The number of ether oxygens (including phenoxy) is 1. The summed E-state index contributed by atoms with van der Waals surface area (Å²) in [5.41, 5.74) is 0. The second-order valence-corrected chi connectivity index (χ2v) is 9.28. The van der Waals surface area contributed by atoms with E-state index < -0.39 is 9.84 Å². The molecular weight excluding hydrogens is 358 g/mol. The second-order valence-electron chi connectivity index (χ2n) is 5.34. The van der Waals surface area contributed by atoms with Crippen molar-refractivity contribution in [2.45, 2.75) is 23.4 Å². The molecule has 0 amide bonds. The SMILES string of the molecule is Cn1c(COc2ccc(Cl)cc2)nnc1SC1CCS(=O)(=O)C1. The van der Waals surface area contributed by atoms with Crippen molar-refractivity contribution in [2.24, 2.45) is 7.05 Å². The Balaban J connectivity index is 1.61. The number of rotatable bonds is 5. The van der Waals surface area contributed by atoms with Crippen LogP contribution in [0.3, 0.4) is 0 Å². The molecule has 1 saturated heterocycles. The maximum atomic E-state index is 11.5. The number of aromatic nitrogens is 3. The number of halogens is 1. The number of hydrogen-bond donors (Lipinski definition) is 0. The molecule has 2 heterocycles. The monoisotopic (exact) mass is 373 g/mol. The first-order valence-corrected chi connectivity index (χ1v) is 10.1. The summed E-state index contributed by atoms with van der Waals surface area (Å²) in [4.78, 5) is 0. The predicted molar refractivity (Wildman–Crippen MR) is 89.7 cm³/mol. The van der Waals surface area contributed by atoms with Gasteiger partial charge in [-0.2, -0.15) is 0 Å². The van der Waals surface area contributed by atoms with Gasteiger partial charge in [-0.25, -0.2) is 8.42 Å². The molecule has 23 heavy (non-hydrogen) atoms. The van der Waals surface area contributed by atoms with Crippen LogP contribution in [0.5, 0.6) is 5.75 Å². The fourth-order valence-corrected chi connectivity index (χ4v) is 5.85. The summed E-state index contributed by atoms with van der Waals surface area (Å²) in [6.45, 7) is 0.286. The molecule has 0 saturated carbocycles. The van der Waals surface area contributed by atoms with Crippen LogP contribution < -0.4 is 4.74 Å². The molecule has 1 unspecified atom stereocenters. The molecular formula is C14H16ClN3O3S2. The number of sulfone groups is 1. The third-order valence-electron chi connectivity index (χ3n) is 3.57. The van der Waals surface area contributed by atoms with E-state index >= 15 is 0 Å². The van der Waals surface area contributed by atoms with E-state index in [-0.39, 0.29) is 23.4 Å². The van der Waals surface area contributed by atoms with E-state index in [1.807, 2.05) is 11.6 Å². The Morgan fingerprint density at radius 2 is 2.09 bits per heavy atom. The minimum absolute atomic E-state index is 0.0490. The van der Waals surface area contributed by atoms with E-state index in [0.29, 0.717) is 28.2 Å². The van der Waals surface area contributed by atoms with Crippen LogP contribution >= 0.6 is 23.4 Å². The van der Waals surface area contributed by atoms with Crippen molar-refractivity contribution in [3.05, 3.63) is 35.1 Å². The average molecular weight is 374 g/mol. The first-order valence-electron chi connectivity index (χ1n) is 7.07. The van der Waals surface area contributed by atoms with Crippen LogP contribution in [0.4, 0.5) is 0 Å². The Kier molecular flexibility index (Phi) is 4.84. The van der Waals surface area contributed by atoms with Gasteiger partial charge in [-0.1, -0.05) is 23.4 Å². The number of hydrogen-bond acceptors (Lipinski definition) is 6. The van der Waals surface area contributed by atoms with Gasteiger partial charge in [0.15, 0.2) is 20.8 Å². The van der Waals surface area contributed by atoms with Crippen LogP contribution in [0.1, 0.15) is 12.2 Å². The molecule has 1 aromatic heterocycles. The van der Waals surface area contributed by atoms with Crippen molar-refractivity contribution in [3.63, 3.8) is 0 Å². The molecule has 9 heteroatoms. The van der Waals surface area contributed by atoms with Gasteiger partial charge in [-0.3, -0.25) is 0 Å². The molecule has 1 aromatic carbocycles. The average Bonchev–Trinajstić information content (AvgIpc) is 3.02. The van der Waals surface area contributed by atoms with Gasteiger partial charge in [-0.15, -0.1) is 10.2 Å². The smallest absolute Gasteiger partial charge is 0.191 e. The molecule has 1 atom stereocenters. The first-order chi connectivity index (χ1) is 10.9. The highest BCUT2D eigenvalue weighted by Crippen LogP contribution is 2.29. The summed E-state index contributed by atoms with van der Waals surface area (Å²) < 4.78 is 30.5. The normalized spacial score (nSPS) is 19.8. The zero-order valence-corrected chi connectivity index (χ0v) is 14.9. The summed E-state index contributed by atoms with van der Waals surface area (Å²) in [6, 6.07) is 7.10. The molecule has 0 N–H and O–H groups in total. The molecule has 1 fully saturated rings. The quantitative estimate of drug-likeness (QED) is 0.800. The van der Waals surface area contributed by atoms with Crippen molar-refractivity contribution in [1.29, 1.82) is 0 Å². The molecule has 6 nitrogen and oxygen atoms in total. The van der Waals surface area contributed by atoms with Crippen LogP contribution in [-0.2, 0) is 23.5 Å². The van der Waals surface area contributed by atoms with E-state index in [1.54, 1.807) is 24.3 Å². The predicted octanol–water partition coefficient (Wildman–Crippen LogP) is 2.33. The van der Waals surface area contributed by atoms with Crippen molar-refractivity contribution < 1.29 is 13.2 Å². The number of thioether (sulfide) groups is 1. The topological polar surface area (TPSA) is 74.1 Å². The molecule has 0 bridgehead atoms. The second kappa shape index (κ2) is 6.70. The number of nitrogens with zero attached hydrogens (tertiary/aromatic N) is 3. The Morgan fingerprint density at radius 1 is 1.35 bits per heavy atom. The van der Waals surface area contributed by atoms with Crippen LogP contribution in [0.2, 0.25) is 5.02 Å². The molecule has 2 aromatic rings. The van der Waals surface area contributed by atoms with Gasteiger partial charge in [0.05, 0.1) is 11.5 Å². The third-order valence-corrected chi connectivity index (χ3v) is 7.10. The zero-order chi connectivity index (χ0) is 16.4. The lowest BCUT2D eigenvalue weighted by atomic mass is 10.3. The summed E-state index contributed by atoms with van der Waals surface area (Å²) in [5, 5.41) is 9.66. The largest absolute Gasteiger partial charge is 0.486 e. The van der Waals surface area contributed by atoms with Crippen molar-refractivity contribution in [3.8, 4) is 5.75 Å². The molecule has 1 aliphatic heterocycles. The van der Waals surface area contributed by atoms with Gasteiger partial charge in [0.2, 0.25) is 0 Å². The van der Waals surface area contributed by atoms with E-state index in [0.717, 1.165) is 0 Å². The van der Waals surface area contributed by atoms with Gasteiger partial charge < -0.3 is 9.30 Å². The minimum atomic E-state index is -2.89. The Labute approximate surface area is 144 Å². The fraction of sp³-hybridized carbons (Fsp3) is 0.429. The van der Waals surface area contributed by atoms with Gasteiger partial charge in [0.1, 0.15) is 12.4 Å². The Hall–Kier alpha value is -1.25. The zero-order valence-electron chi connectivity index (χ0n) is 12.5. The summed E-state index contributed by atoms with van der Waals surface area (Å²) in [7, 11) is -1.03. The van der Waals surface area contributed by atoms with Gasteiger partial charge in [0, 0.05) is 17.3 Å². The Morgan fingerprint density at radius 3 is 2.74 bits per heavy atom. The Bertz CT molecular complexity index is 790. The molecule has 0 radical (unpaired) electrons. The van der Waals surface area contributed by atoms with E-state index in [9.17, 15) is 8.42 Å². The molecule has 1 aliphatic rings. The lowest BCUT2D eigenvalue weighted by Gasteiger charge is -2.08. The highest BCUT2D eigenvalue weighted by molar-refractivity contribution is 8.01. The maximum absolute atomic E-state index is 11.5. The van der Waals surface area contributed by atoms with E-state index in [4.69, 9.17) is 16.3 Å².